The number of halogens is 5. The molecule has 0 spiro atoms. The molecule has 0 radical (unpaired) electrons. The summed E-state index contributed by atoms with van der Waals surface area (Å²) < 4.78 is 51.6. The molecule has 0 aliphatic rings. The van der Waals surface area contributed by atoms with Crippen molar-refractivity contribution in [2.45, 2.75) is 25.9 Å². The number of thioether (sulfide) groups is 1. The van der Waals surface area contributed by atoms with Crippen molar-refractivity contribution in [1.29, 1.82) is 0 Å². The van der Waals surface area contributed by atoms with E-state index in [4.69, 9.17) is 11.6 Å². The SMILES string of the molecule is CCN(C(=O)CCSCCC(F)(F)F)c1cn(-c2cc(F)c[n+](O)c2)nc1Cl. The second kappa shape index (κ2) is 9.46. The highest BCUT2D eigenvalue weighted by atomic mass is 35.5. The van der Waals surface area contributed by atoms with E-state index in [1.54, 1.807) is 6.92 Å². The molecule has 0 aliphatic heterocycles. The Morgan fingerprint density at radius 2 is 2.11 bits per heavy atom. The van der Waals surface area contributed by atoms with Crippen molar-refractivity contribution in [1.82, 2.24) is 9.78 Å². The smallest absolute Gasteiger partial charge is 0.308 e. The Kier molecular flexibility index (Phi) is 7.53. The second-order valence-electron chi connectivity index (χ2n) is 5.71. The molecule has 2 heterocycles. The summed E-state index contributed by atoms with van der Waals surface area (Å²) >= 11 is 7.15. The fraction of sp³-hybridized carbons (Fsp3) is 0.438. The molecule has 0 saturated carbocycles. The first kappa shape index (κ1) is 22.3. The van der Waals surface area contributed by atoms with E-state index >= 15 is 0 Å². The molecule has 2 aromatic rings. The van der Waals surface area contributed by atoms with E-state index in [1.165, 1.54) is 22.0 Å². The largest absolute Gasteiger partial charge is 0.389 e. The minimum absolute atomic E-state index is 0.00586. The van der Waals surface area contributed by atoms with Crippen molar-refractivity contribution in [3.63, 3.8) is 0 Å². The fourth-order valence-corrected chi connectivity index (χ4v) is 3.49. The lowest BCUT2D eigenvalue weighted by atomic mass is 10.3. The lowest BCUT2D eigenvalue weighted by Crippen LogP contribution is -2.31. The Hall–Kier alpha value is -2.01. The lowest BCUT2D eigenvalue weighted by Gasteiger charge is -2.19. The maximum absolute atomic E-state index is 13.5. The van der Waals surface area contributed by atoms with Crippen LogP contribution >= 0.6 is 23.4 Å². The van der Waals surface area contributed by atoms with E-state index in [0.29, 0.717) is 4.73 Å². The molecule has 154 valence electrons. The predicted octanol–water partition coefficient (Wildman–Crippen LogP) is 3.62. The number of hydrogen-bond donors (Lipinski definition) is 1. The first-order valence-corrected chi connectivity index (χ1v) is 9.75. The maximum atomic E-state index is 13.5. The molecule has 0 atom stereocenters. The summed E-state index contributed by atoms with van der Waals surface area (Å²) in [5.41, 5.74) is 0.463. The number of rotatable bonds is 8. The number of pyridine rings is 1. The molecular formula is C16H18ClF4N4O2S+. The summed E-state index contributed by atoms with van der Waals surface area (Å²) in [6.45, 7) is 1.98. The van der Waals surface area contributed by atoms with Crippen LogP contribution in [0.2, 0.25) is 5.15 Å². The number of anilines is 1. The third kappa shape index (κ3) is 6.26. The van der Waals surface area contributed by atoms with Gasteiger partial charge in [-0.05, 0) is 6.92 Å². The summed E-state index contributed by atoms with van der Waals surface area (Å²) in [4.78, 5) is 13.8. The fourth-order valence-electron chi connectivity index (χ4n) is 2.36. The van der Waals surface area contributed by atoms with Crippen LogP contribution < -0.4 is 9.63 Å². The number of amides is 1. The number of carbonyl (C=O) groups excluding carboxylic acids is 1. The zero-order valence-electron chi connectivity index (χ0n) is 14.8. The van der Waals surface area contributed by atoms with Crippen LogP contribution in [0.15, 0.2) is 24.7 Å². The molecule has 0 aromatic carbocycles. The predicted molar refractivity (Wildman–Crippen MR) is 96.6 cm³/mol. The van der Waals surface area contributed by atoms with Gasteiger partial charge in [0.15, 0.2) is 11.0 Å². The van der Waals surface area contributed by atoms with E-state index in [0.717, 1.165) is 24.0 Å². The van der Waals surface area contributed by atoms with Crippen molar-refractivity contribution >= 4 is 35.0 Å². The first-order valence-electron chi connectivity index (χ1n) is 8.22. The van der Waals surface area contributed by atoms with Gasteiger partial charge in [-0.25, -0.2) is 9.07 Å². The van der Waals surface area contributed by atoms with Crippen LogP contribution in [0.1, 0.15) is 19.8 Å². The van der Waals surface area contributed by atoms with Crippen molar-refractivity contribution in [2.24, 2.45) is 0 Å². The molecule has 0 bridgehead atoms. The van der Waals surface area contributed by atoms with E-state index in [-0.39, 0.29) is 46.9 Å². The van der Waals surface area contributed by atoms with Crippen LogP contribution in [0.4, 0.5) is 23.2 Å². The second-order valence-corrected chi connectivity index (χ2v) is 7.29. The van der Waals surface area contributed by atoms with Gasteiger partial charge in [-0.2, -0.15) is 30.0 Å². The Labute approximate surface area is 167 Å². The third-order valence-electron chi connectivity index (χ3n) is 3.62. The number of hydrogen-bond acceptors (Lipinski definition) is 4. The molecular weight excluding hydrogens is 424 g/mol. The summed E-state index contributed by atoms with van der Waals surface area (Å²) in [7, 11) is 0. The molecule has 2 rings (SSSR count). The number of alkyl halides is 3. The molecule has 0 fully saturated rings. The van der Waals surface area contributed by atoms with Crippen molar-refractivity contribution in [2.75, 3.05) is 23.0 Å². The summed E-state index contributed by atoms with van der Waals surface area (Å²) in [6, 6.07) is 1.12. The van der Waals surface area contributed by atoms with Crippen LogP contribution in [0.25, 0.3) is 5.69 Å². The maximum Gasteiger partial charge on any atom is 0.389 e. The Morgan fingerprint density at radius 1 is 1.39 bits per heavy atom. The molecule has 1 amide bonds. The van der Waals surface area contributed by atoms with Gasteiger partial charge in [0, 0.05) is 35.3 Å². The molecule has 12 heteroatoms. The Bertz CT molecular complexity index is 811. The monoisotopic (exact) mass is 441 g/mol. The van der Waals surface area contributed by atoms with Gasteiger partial charge in [0.25, 0.3) is 6.20 Å². The van der Waals surface area contributed by atoms with E-state index in [2.05, 4.69) is 5.10 Å². The van der Waals surface area contributed by atoms with E-state index in [1.807, 2.05) is 0 Å². The van der Waals surface area contributed by atoms with Gasteiger partial charge < -0.3 is 4.90 Å². The quantitative estimate of drug-likeness (QED) is 0.294. The molecule has 1 N–H and O–H groups in total. The van der Waals surface area contributed by atoms with E-state index < -0.39 is 18.4 Å². The average Bonchev–Trinajstić information content (AvgIpc) is 2.95. The highest BCUT2D eigenvalue weighted by Crippen LogP contribution is 2.27. The molecule has 0 saturated heterocycles. The van der Waals surface area contributed by atoms with Crippen molar-refractivity contribution < 1.29 is 32.3 Å². The lowest BCUT2D eigenvalue weighted by molar-refractivity contribution is -0.905. The molecule has 0 aliphatic carbocycles. The minimum Gasteiger partial charge on any atom is -0.308 e. The van der Waals surface area contributed by atoms with Gasteiger partial charge >= 0.3 is 6.18 Å². The topological polar surface area (TPSA) is 62.2 Å². The van der Waals surface area contributed by atoms with Gasteiger partial charge in [0.2, 0.25) is 12.1 Å². The molecule has 2 aromatic heterocycles. The zero-order valence-corrected chi connectivity index (χ0v) is 16.4. The normalized spacial score (nSPS) is 11.6. The van der Waals surface area contributed by atoms with Gasteiger partial charge in [-0.15, -0.1) is 0 Å². The third-order valence-corrected chi connectivity index (χ3v) is 4.87. The number of aromatic nitrogens is 3. The van der Waals surface area contributed by atoms with Gasteiger partial charge in [0.05, 0.1) is 12.6 Å². The summed E-state index contributed by atoms with van der Waals surface area (Å²) in [5, 5.41) is 13.4. The number of nitrogens with zero attached hydrogens (tertiary/aromatic N) is 4. The van der Waals surface area contributed by atoms with Gasteiger partial charge in [-0.3, -0.25) is 10.0 Å². The zero-order chi connectivity index (χ0) is 20.9. The molecule has 6 nitrogen and oxygen atoms in total. The standard InChI is InChI=1S/C16H18ClF4N4O2S/c1-2-24(14(26)3-5-28-6-4-16(19,20)21)13-10-25(22-15(13)17)12-7-11(18)8-23(27)9-12/h7-10,27H,2-6H2,1H3/q+1. The molecule has 0 unspecified atom stereocenters. The summed E-state index contributed by atoms with van der Waals surface area (Å²) in [5.74, 6) is -0.888. The van der Waals surface area contributed by atoms with Crippen molar-refractivity contribution in [3.8, 4) is 5.69 Å². The highest BCUT2D eigenvalue weighted by molar-refractivity contribution is 7.99. The van der Waals surface area contributed by atoms with Crippen LogP contribution in [0.5, 0.6) is 0 Å². The summed E-state index contributed by atoms with van der Waals surface area (Å²) in [6.07, 6.45) is -1.61. The van der Waals surface area contributed by atoms with Crippen LogP contribution in [0.3, 0.4) is 0 Å². The molecule has 28 heavy (non-hydrogen) atoms. The van der Waals surface area contributed by atoms with Crippen LogP contribution in [0, 0.1) is 5.82 Å². The average molecular weight is 442 g/mol. The first-order chi connectivity index (χ1) is 13.1. The number of carbonyl (C=O) groups is 1. The van der Waals surface area contributed by atoms with Crippen LogP contribution in [-0.4, -0.2) is 45.1 Å². The minimum atomic E-state index is -4.21. The van der Waals surface area contributed by atoms with Crippen molar-refractivity contribution in [3.05, 3.63) is 35.6 Å². The van der Waals surface area contributed by atoms with Crippen LogP contribution in [-0.2, 0) is 4.79 Å². The van der Waals surface area contributed by atoms with Gasteiger partial charge in [0.1, 0.15) is 11.4 Å². The van der Waals surface area contributed by atoms with E-state index in [9.17, 15) is 27.6 Å². The highest BCUT2D eigenvalue weighted by Gasteiger charge is 2.26. The van der Waals surface area contributed by atoms with Gasteiger partial charge in [-0.1, -0.05) is 11.6 Å². The Balaban J connectivity index is 2.05. The Morgan fingerprint density at radius 3 is 2.71 bits per heavy atom.